The topological polar surface area (TPSA) is 38.0 Å². The zero-order valence-corrected chi connectivity index (χ0v) is 11.3. The standard InChI is InChI=1S/C12H14F2N2S2/c13-10-8(12(15)17)3-4-9(11(10)14)16-6-7-2-1-5-18-7/h3-4,7,16H,1-2,5-6H2,(H2,15,17). The van der Waals surface area contributed by atoms with Gasteiger partial charge in [-0.3, -0.25) is 0 Å². The minimum absolute atomic E-state index is 0.0525. The van der Waals surface area contributed by atoms with Gasteiger partial charge in [0, 0.05) is 17.4 Å². The van der Waals surface area contributed by atoms with E-state index in [4.69, 9.17) is 5.73 Å². The number of nitrogens with two attached hydrogens (primary N) is 1. The third kappa shape index (κ3) is 2.92. The maximum atomic E-state index is 13.7. The number of halogens is 2. The predicted molar refractivity (Wildman–Crippen MR) is 76.2 cm³/mol. The van der Waals surface area contributed by atoms with E-state index in [0.29, 0.717) is 11.8 Å². The van der Waals surface area contributed by atoms with Crippen molar-refractivity contribution < 1.29 is 8.78 Å². The molecular weight excluding hydrogens is 274 g/mol. The average molecular weight is 288 g/mol. The fourth-order valence-electron chi connectivity index (χ4n) is 1.91. The van der Waals surface area contributed by atoms with Crippen molar-refractivity contribution in [2.75, 3.05) is 17.6 Å². The van der Waals surface area contributed by atoms with Gasteiger partial charge in [0.15, 0.2) is 11.6 Å². The summed E-state index contributed by atoms with van der Waals surface area (Å²) in [5.74, 6) is -0.751. The van der Waals surface area contributed by atoms with Gasteiger partial charge in [-0.25, -0.2) is 8.78 Å². The van der Waals surface area contributed by atoms with E-state index in [1.807, 2.05) is 11.8 Å². The Balaban J connectivity index is 2.09. The lowest BCUT2D eigenvalue weighted by Crippen LogP contribution is -2.17. The van der Waals surface area contributed by atoms with Crippen LogP contribution < -0.4 is 11.1 Å². The Hall–Kier alpha value is -0.880. The zero-order valence-electron chi connectivity index (χ0n) is 9.71. The van der Waals surface area contributed by atoms with Crippen molar-refractivity contribution in [1.29, 1.82) is 0 Å². The molecule has 3 N–H and O–H groups in total. The summed E-state index contributed by atoms with van der Waals surface area (Å²) in [4.78, 5) is -0.135. The average Bonchev–Trinajstić information content (AvgIpc) is 2.83. The number of thiocarbonyl (C=S) groups is 1. The molecule has 0 bridgehead atoms. The molecule has 0 spiro atoms. The molecule has 0 saturated carbocycles. The van der Waals surface area contributed by atoms with Gasteiger partial charge in [0.2, 0.25) is 0 Å². The largest absolute Gasteiger partial charge is 0.389 e. The second-order valence-corrected chi connectivity index (χ2v) is 6.02. The van der Waals surface area contributed by atoms with Crippen molar-refractivity contribution in [3.05, 3.63) is 29.3 Å². The predicted octanol–water partition coefficient (Wildman–Crippen LogP) is 2.91. The van der Waals surface area contributed by atoms with Crippen molar-refractivity contribution >= 4 is 34.7 Å². The van der Waals surface area contributed by atoms with Crippen molar-refractivity contribution in [2.24, 2.45) is 5.73 Å². The fourth-order valence-corrected chi connectivity index (χ4v) is 3.26. The molecule has 18 heavy (non-hydrogen) atoms. The fraction of sp³-hybridized carbons (Fsp3) is 0.417. The summed E-state index contributed by atoms with van der Waals surface area (Å²) >= 11 is 6.51. The van der Waals surface area contributed by atoms with Gasteiger partial charge < -0.3 is 11.1 Å². The third-order valence-electron chi connectivity index (χ3n) is 2.89. The maximum absolute atomic E-state index is 13.7. The van der Waals surface area contributed by atoms with Crippen LogP contribution in [0.2, 0.25) is 0 Å². The first-order valence-corrected chi connectivity index (χ1v) is 7.18. The van der Waals surface area contributed by atoms with Crippen molar-refractivity contribution in [1.82, 2.24) is 0 Å². The zero-order chi connectivity index (χ0) is 13.1. The van der Waals surface area contributed by atoms with Crippen LogP contribution in [0.1, 0.15) is 18.4 Å². The van der Waals surface area contributed by atoms with E-state index in [2.05, 4.69) is 17.5 Å². The second kappa shape index (κ2) is 5.84. The van der Waals surface area contributed by atoms with Gasteiger partial charge in [-0.05, 0) is 30.7 Å². The summed E-state index contributed by atoms with van der Waals surface area (Å²) in [5, 5.41) is 3.42. The summed E-state index contributed by atoms with van der Waals surface area (Å²) in [6.07, 6.45) is 2.31. The Morgan fingerprint density at radius 1 is 1.44 bits per heavy atom. The van der Waals surface area contributed by atoms with Gasteiger partial charge >= 0.3 is 0 Å². The van der Waals surface area contributed by atoms with E-state index in [1.165, 1.54) is 18.6 Å². The van der Waals surface area contributed by atoms with Crippen LogP contribution in [0.15, 0.2) is 12.1 Å². The van der Waals surface area contributed by atoms with Crippen LogP contribution in [0.3, 0.4) is 0 Å². The van der Waals surface area contributed by atoms with Crippen LogP contribution in [0.4, 0.5) is 14.5 Å². The number of rotatable bonds is 4. The van der Waals surface area contributed by atoms with Gasteiger partial charge in [-0.15, -0.1) is 0 Å². The monoisotopic (exact) mass is 288 g/mol. The summed E-state index contributed by atoms with van der Waals surface area (Å²) < 4.78 is 27.4. The summed E-state index contributed by atoms with van der Waals surface area (Å²) in [7, 11) is 0. The molecule has 1 aromatic rings. The van der Waals surface area contributed by atoms with Crippen LogP contribution >= 0.6 is 24.0 Å². The minimum Gasteiger partial charge on any atom is -0.389 e. The van der Waals surface area contributed by atoms with E-state index in [1.54, 1.807) is 0 Å². The molecule has 0 radical (unpaired) electrons. The summed E-state index contributed by atoms with van der Waals surface area (Å²) in [6, 6.07) is 2.89. The summed E-state index contributed by atoms with van der Waals surface area (Å²) in [5.41, 5.74) is 5.42. The molecule has 1 aromatic carbocycles. The Morgan fingerprint density at radius 3 is 2.83 bits per heavy atom. The van der Waals surface area contributed by atoms with Crippen molar-refractivity contribution in [3.8, 4) is 0 Å². The molecule has 1 heterocycles. The Morgan fingerprint density at radius 2 is 2.22 bits per heavy atom. The molecule has 1 saturated heterocycles. The molecule has 1 unspecified atom stereocenters. The first-order chi connectivity index (χ1) is 8.59. The first-order valence-electron chi connectivity index (χ1n) is 5.73. The Labute approximate surface area is 114 Å². The second-order valence-electron chi connectivity index (χ2n) is 4.17. The number of anilines is 1. The van der Waals surface area contributed by atoms with Gasteiger partial charge in [0.05, 0.1) is 5.69 Å². The van der Waals surface area contributed by atoms with Gasteiger partial charge in [-0.1, -0.05) is 12.2 Å². The lowest BCUT2D eigenvalue weighted by atomic mass is 10.1. The van der Waals surface area contributed by atoms with Crippen LogP contribution in [0, 0.1) is 11.6 Å². The van der Waals surface area contributed by atoms with Crippen molar-refractivity contribution in [3.63, 3.8) is 0 Å². The Bertz CT molecular complexity index is 460. The molecule has 98 valence electrons. The molecule has 0 amide bonds. The quantitative estimate of drug-likeness (QED) is 0.836. The highest BCUT2D eigenvalue weighted by atomic mass is 32.2. The van der Waals surface area contributed by atoms with E-state index >= 15 is 0 Å². The SMILES string of the molecule is NC(=S)c1ccc(NCC2CCCS2)c(F)c1F. The van der Waals surface area contributed by atoms with E-state index in [0.717, 1.165) is 12.2 Å². The highest BCUT2D eigenvalue weighted by Gasteiger charge is 2.18. The van der Waals surface area contributed by atoms with E-state index < -0.39 is 11.6 Å². The van der Waals surface area contributed by atoms with Gasteiger partial charge in [0.25, 0.3) is 0 Å². The van der Waals surface area contributed by atoms with E-state index in [9.17, 15) is 8.78 Å². The first kappa shape index (κ1) is 13.5. The molecule has 2 nitrogen and oxygen atoms in total. The minimum atomic E-state index is -0.980. The molecular formula is C12H14F2N2S2. The lowest BCUT2D eigenvalue weighted by molar-refractivity contribution is 0.509. The van der Waals surface area contributed by atoms with Crippen LogP contribution in [-0.2, 0) is 0 Å². The lowest BCUT2D eigenvalue weighted by Gasteiger charge is -2.13. The van der Waals surface area contributed by atoms with Crippen molar-refractivity contribution in [2.45, 2.75) is 18.1 Å². The Kier molecular flexibility index (Phi) is 4.40. The number of hydrogen-bond acceptors (Lipinski definition) is 3. The number of nitrogens with one attached hydrogen (secondary N) is 1. The highest BCUT2D eigenvalue weighted by molar-refractivity contribution is 8.00. The smallest absolute Gasteiger partial charge is 0.182 e. The van der Waals surface area contributed by atoms with Crippen LogP contribution in [0.25, 0.3) is 0 Å². The number of thioether (sulfide) groups is 1. The van der Waals surface area contributed by atoms with Gasteiger partial charge in [-0.2, -0.15) is 11.8 Å². The molecule has 0 aromatic heterocycles. The van der Waals surface area contributed by atoms with Crippen LogP contribution in [-0.4, -0.2) is 22.5 Å². The molecule has 1 aliphatic heterocycles. The van der Waals surface area contributed by atoms with E-state index in [-0.39, 0.29) is 16.2 Å². The molecule has 6 heteroatoms. The molecule has 2 rings (SSSR count). The number of benzene rings is 1. The molecule has 1 atom stereocenters. The third-order valence-corrected chi connectivity index (χ3v) is 4.51. The van der Waals surface area contributed by atoms with Gasteiger partial charge in [0.1, 0.15) is 4.99 Å². The molecule has 0 aliphatic carbocycles. The maximum Gasteiger partial charge on any atom is 0.182 e. The normalized spacial score (nSPS) is 18.9. The molecule has 1 fully saturated rings. The van der Waals surface area contributed by atoms with Crippen LogP contribution in [0.5, 0.6) is 0 Å². The highest BCUT2D eigenvalue weighted by Crippen LogP contribution is 2.27. The molecule has 1 aliphatic rings. The summed E-state index contributed by atoms with van der Waals surface area (Å²) in [6.45, 7) is 0.646. The number of hydrogen-bond donors (Lipinski definition) is 2.